The molecule has 0 saturated carbocycles. The summed E-state index contributed by atoms with van der Waals surface area (Å²) >= 11 is 1.68. The minimum atomic E-state index is 0.674. The molecule has 0 aliphatic carbocycles. The van der Waals surface area contributed by atoms with Crippen LogP contribution in [0.25, 0.3) is 10.2 Å². The molecule has 0 amide bonds. The van der Waals surface area contributed by atoms with Crippen LogP contribution in [0.3, 0.4) is 0 Å². The molecule has 4 nitrogen and oxygen atoms in total. The van der Waals surface area contributed by atoms with Crippen LogP contribution in [0.1, 0.15) is 5.56 Å². The topological polar surface area (TPSA) is 38.2 Å². The van der Waals surface area contributed by atoms with Crippen LogP contribution in [0, 0.1) is 6.92 Å². The van der Waals surface area contributed by atoms with Crippen molar-refractivity contribution in [3.05, 3.63) is 41.5 Å². The molecule has 0 saturated heterocycles. The molecule has 0 spiro atoms. The maximum atomic E-state index is 5.74. The third kappa shape index (κ3) is 1.74. The Hall–Kier alpha value is -2.14. The van der Waals surface area contributed by atoms with Crippen molar-refractivity contribution in [2.75, 3.05) is 18.1 Å². The molecule has 3 heterocycles. The smallest absolute Gasteiger partial charge is 0.154 e. The van der Waals surface area contributed by atoms with Crippen molar-refractivity contribution in [1.82, 2.24) is 9.97 Å². The van der Waals surface area contributed by atoms with Crippen LogP contribution in [-0.4, -0.2) is 23.1 Å². The molecule has 1 aromatic carbocycles. The van der Waals surface area contributed by atoms with Gasteiger partial charge >= 0.3 is 0 Å². The van der Waals surface area contributed by atoms with Crippen LogP contribution < -0.4 is 9.64 Å². The number of anilines is 2. The highest BCUT2D eigenvalue weighted by atomic mass is 32.1. The first kappa shape index (κ1) is 11.7. The number of hydrogen-bond acceptors (Lipinski definition) is 5. The molecule has 5 heteroatoms. The van der Waals surface area contributed by atoms with Gasteiger partial charge in [0.15, 0.2) is 5.82 Å². The quantitative estimate of drug-likeness (QED) is 0.685. The number of nitrogens with zero attached hydrogens (tertiary/aromatic N) is 3. The van der Waals surface area contributed by atoms with E-state index in [4.69, 9.17) is 4.74 Å². The Bertz CT molecular complexity index is 784. The molecule has 1 aliphatic rings. The molecule has 0 unspecified atom stereocenters. The van der Waals surface area contributed by atoms with Crippen LogP contribution >= 0.6 is 11.3 Å². The third-order valence-corrected chi connectivity index (χ3v) is 4.36. The molecule has 0 fully saturated rings. The van der Waals surface area contributed by atoms with Crippen LogP contribution in [0.2, 0.25) is 0 Å². The second kappa shape index (κ2) is 4.45. The summed E-state index contributed by atoms with van der Waals surface area (Å²) in [7, 11) is 0. The highest BCUT2D eigenvalue weighted by molar-refractivity contribution is 7.17. The Labute approximate surface area is 120 Å². The zero-order chi connectivity index (χ0) is 13.5. The summed E-state index contributed by atoms with van der Waals surface area (Å²) < 4.78 is 6.87. The highest BCUT2D eigenvalue weighted by Crippen LogP contribution is 2.39. The first-order chi connectivity index (χ1) is 9.83. The highest BCUT2D eigenvalue weighted by Gasteiger charge is 2.22. The standard InChI is InChI=1S/C15H13N3OS/c1-10-2-3-13-12(8-10)18(5-6-19-13)15-14-11(4-7-20-14)16-9-17-15/h2-4,7-9H,5-6H2,1H3. The molecule has 0 N–H and O–H groups in total. The van der Waals surface area contributed by atoms with E-state index in [1.807, 2.05) is 12.1 Å². The van der Waals surface area contributed by atoms with Gasteiger partial charge in [0.2, 0.25) is 0 Å². The van der Waals surface area contributed by atoms with E-state index in [2.05, 4.69) is 39.3 Å². The van der Waals surface area contributed by atoms with Crippen molar-refractivity contribution in [2.45, 2.75) is 6.92 Å². The summed E-state index contributed by atoms with van der Waals surface area (Å²) in [6.45, 7) is 3.57. The second-order valence-electron chi connectivity index (χ2n) is 4.80. The minimum Gasteiger partial charge on any atom is -0.490 e. The number of aryl methyl sites for hydroxylation is 1. The van der Waals surface area contributed by atoms with Crippen molar-refractivity contribution >= 4 is 33.1 Å². The van der Waals surface area contributed by atoms with Gasteiger partial charge in [-0.1, -0.05) is 6.07 Å². The lowest BCUT2D eigenvalue weighted by Gasteiger charge is -2.30. The predicted octanol–water partition coefficient (Wildman–Crippen LogP) is 3.53. The molecule has 2 aromatic heterocycles. The largest absolute Gasteiger partial charge is 0.490 e. The first-order valence-electron chi connectivity index (χ1n) is 6.52. The zero-order valence-electron chi connectivity index (χ0n) is 11.0. The van der Waals surface area contributed by atoms with Crippen LogP contribution in [0.4, 0.5) is 11.5 Å². The monoisotopic (exact) mass is 283 g/mol. The van der Waals surface area contributed by atoms with Crippen LogP contribution in [0.15, 0.2) is 36.0 Å². The molecule has 0 atom stereocenters. The van der Waals surface area contributed by atoms with Crippen molar-refractivity contribution in [2.24, 2.45) is 0 Å². The van der Waals surface area contributed by atoms with E-state index in [-0.39, 0.29) is 0 Å². The number of fused-ring (bicyclic) bond motifs is 2. The van der Waals surface area contributed by atoms with Gasteiger partial charge in [-0.25, -0.2) is 9.97 Å². The fourth-order valence-corrected chi connectivity index (χ4v) is 3.36. The van der Waals surface area contributed by atoms with E-state index >= 15 is 0 Å². The summed E-state index contributed by atoms with van der Waals surface area (Å²) in [6, 6.07) is 8.28. The average Bonchev–Trinajstić information content (AvgIpc) is 2.95. The molecular weight excluding hydrogens is 270 g/mol. The lowest BCUT2D eigenvalue weighted by atomic mass is 10.1. The summed E-state index contributed by atoms with van der Waals surface area (Å²) in [5.41, 5.74) is 3.31. The number of rotatable bonds is 1. The van der Waals surface area contributed by atoms with E-state index in [1.165, 1.54) is 5.56 Å². The Morgan fingerprint density at radius 2 is 2.20 bits per heavy atom. The fourth-order valence-electron chi connectivity index (χ4n) is 2.52. The Morgan fingerprint density at radius 1 is 1.25 bits per heavy atom. The van der Waals surface area contributed by atoms with Gasteiger partial charge in [0.1, 0.15) is 18.7 Å². The number of aromatic nitrogens is 2. The molecule has 4 rings (SSSR count). The van der Waals surface area contributed by atoms with Crippen LogP contribution in [0.5, 0.6) is 5.75 Å². The Kier molecular flexibility index (Phi) is 2.60. The zero-order valence-corrected chi connectivity index (χ0v) is 11.9. The number of hydrogen-bond donors (Lipinski definition) is 0. The molecular formula is C15H13N3OS. The van der Waals surface area contributed by atoms with E-state index < -0.39 is 0 Å². The summed E-state index contributed by atoms with van der Waals surface area (Å²) in [5, 5.41) is 2.06. The third-order valence-electron chi connectivity index (χ3n) is 3.46. The van der Waals surface area contributed by atoms with Gasteiger partial charge in [0, 0.05) is 0 Å². The molecule has 1 aliphatic heterocycles. The lowest BCUT2D eigenvalue weighted by molar-refractivity contribution is 0.313. The number of ether oxygens (including phenoxy) is 1. The maximum absolute atomic E-state index is 5.74. The van der Waals surface area contributed by atoms with Gasteiger partial charge in [-0.15, -0.1) is 11.3 Å². The van der Waals surface area contributed by atoms with Crippen LogP contribution in [-0.2, 0) is 0 Å². The summed E-state index contributed by atoms with van der Waals surface area (Å²) in [4.78, 5) is 11.0. The van der Waals surface area contributed by atoms with Gasteiger partial charge < -0.3 is 9.64 Å². The van der Waals surface area contributed by atoms with Crippen molar-refractivity contribution in [3.63, 3.8) is 0 Å². The predicted molar refractivity (Wildman–Crippen MR) is 81.1 cm³/mol. The van der Waals surface area contributed by atoms with E-state index in [9.17, 15) is 0 Å². The van der Waals surface area contributed by atoms with Crippen molar-refractivity contribution in [3.8, 4) is 5.75 Å². The molecule has 20 heavy (non-hydrogen) atoms. The van der Waals surface area contributed by atoms with Gasteiger partial charge in [-0.3, -0.25) is 0 Å². The van der Waals surface area contributed by atoms with Gasteiger partial charge in [0.25, 0.3) is 0 Å². The lowest BCUT2D eigenvalue weighted by Crippen LogP contribution is -2.29. The molecule has 100 valence electrons. The van der Waals surface area contributed by atoms with E-state index in [0.717, 1.165) is 34.0 Å². The summed E-state index contributed by atoms with van der Waals surface area (Å²) in [6.07, 6.45) is 1.63. The van der Waals surface area contributed by atoms with E-state index in [0.29, 0.717) is 6.61 Å². The minimum absolute atomic E-state index is 0.674. The average molecular weight is 283 g/mol. The second-order valence-corrected chi connectivity index (χ2v) is 5.72. The fraction of sp³-hybridized carbons (Fsp3) is 0.200. The molecule has 0 radical (unpaired) electrons. The number of benzene rings is 1. The van der Waals surface area contributed by atoms with Gasteiger partial charge in [-0.2, -0.15) is 0 Å². The maximum Gasteiger partial charge on any atom is 0.154 e. The Morgan fingerprint density at radius 3 is 3.15 bits per heavy atom. The van der Waals surface area contributed by atoms with Crippen molar-refractivity contribution in [1.29, 1.82) is 0 Å². The SMILES string of the molecule is Cc1ccc2c(c1)N(c1ncnc3ccsc13)CCO2. The van der Waals surface area contributed by atoms with Gasteiger partial charge in [0.05, 0.1) is 22.4 Å². The summed E-state index contributed by atoms with van der Waals surface area (Å²) in [5.74, 6) is 1.89. The Balaban J connectivity index is 1.92. The van der Waals surface area contributed by atoms with Gasteiger partial charge in [-0.05, 0) is 36.1 Å². The normalized spacial score (nSPS) is 14.2. The van der Waals surface area contributed by atoms with E-state index in [1.54, 1.807) is 17.7 Å². The molecule has 0 bridgehead atoms. The number of thiophene rings is 1. The van der Waals surface area contributed by atoms with Crippen molar-refractivity contribution < 1.29 is 4.74 Å². The first-order valence-corrected chi connectivity index (χ1v) is 7.40. The molecule has 3 aromatic rings.